The van der Waals surface area contributed by atoms with E-state index in [1.54, 1.807) is 31.4 Å². The second kappa shape index (κ2) is 9.80. The molecule has 0 saturated carbocycles. The molecule has 0 radical (unpaired) electrons. The van der Waals surface area contributed by atoms with Crippen LogP contribution in [0.4, 0.5) is 0 Å². The van der Waals surface area contributed by atoms with Crippen LogP contribution in [0.25, 0.3) is 10.8 Å². The molecule has 3 aromatic rings. The van der Waals surface area contributed by atoms with Gasteiger partial charge in [0.05, 0.1) is 30.9 Å². The molecule has 1 heterocycles. The van der Waals surface area contributed by atoms with Gasteiger partial charge in [0.15, 0.2) is 0 Å². The lowest BCUT2D eigenvalue weighted by Gasteiger charge is -2.31. The number of carbonyl (C=O) groups is 2. The first-order valence-electron chi connectivity index (χ1n) is 10.3. The Morgan fingerprint density at radius 3 is 2.45 bits per heavy atom. The molecule has 6 nitrogen and oxygen atoms in total. The maximum Gasteiger partial charge on any atom is 0.319 e. The highest BCUT2D eigenvalue weighted by Crippen LogP contribution is 2.41. The van der Waals surface area contributed by atoms with Gasteiger partial charge < -0.3 is 14.8 Å². The minimum absolute atomic E-state index is 0.334. The van der Waals surface area contributed by atoms with Crippen LogP contribution in [0.5, 0.6) is 5.75 Å². The Balaban J connectivity index is 1.69. The van der Waals surface area contributed by atoms with Crippen LogP contribution < -0.4 is 10.1 Å². The summed E-state index contributed by atoms with van der Waals surface area (Å²) in [7, 11) is 2.79. The summed E-state index contributed by atoms with van der Waals surface area (Å²) in [5.41, 5.74) is 2.07. The van der Waals surface area contributed by atoms with Gasteiger partial charge in [-0.05, 0) is 34.0 Å². The summed E-state index contributed by atoms with van der Waals surface area (Å²) in [5.74, 6) is -1.86. The molecule has 1 aliphatic rings. The lowest BCUT2D eigenvalue weighted by atomic mass is 9.78. The van der Waals surface area contributed by atoms with Crippen molar-refractivity contribution in [1.82, 2.24) is 5.32 Å². The molecule has 0 aromatic heterocycles. The van der Waals surface area contributed by atoms with Gasteiger partial charge in [0.25, 0.3) is 0 Å². The molecule has 0 unspecified atom stereocenters. The molecular formula is C26H22N2O4S. The van der Waals surface area contributed by atoms with Crippen molar-refractivity contribution in [3.05, 3.63) is 88.5 Å². The van der Waals surface area contributed by atoms with Gasteiger partial charge in [-0.2, -0.15) is 5.26 Å². The van der Waals surface area contributed by atoms with Crippen molar-refractivity contribution < 1.29 is 19.1 Å². The molecule has 1 aliphatic heterocycles. The average Bonchev–Trinajstić information content (AvgIpc) is 2.86. The first kappa shape index (κ1) is 22.4. The van der Waals surface area contributed by atoms with E-state index >= 15 is 0 Å². The van der Waals surface area contributed by atoms with Gasteiger partial charge in [0, 0.05) is 11.7 Å². The Morgan fingerprint density at radius 1 is 1.06 bits per heavy atom. The minimum atomic E-state index is -1.15. The predicted octanol–water partition coefficient (Wildman–Crippen LogP) is 4.52. The molecule has 4 rings (SSSR count). The Morgan fingerprint density at radius 2 is 1.79 bits per heavy atom. The van der Waals surface area contributed by atoms with Gasteiger partial charge in [-0.3, -0.25) is 9.59 Å². The second-order valence-corrected chi connectivity index (χ2v) is 8.55. The van der Waals surface area contributed by atoms with E-state index in [0.717, 1.165) is 16.3 Å². The minimum Gasteiger partial charge on any atom is -0.497 e. The number of rotatable bonds is 6. The third-order valence-corrected chi connectivity index (χ3v) is 6.74. The van der Waals surface area contributed by atoms with Crippen LogP contribution in [-0.4, -0.2) is 26.1 Å². The largest absolute Gasteiger partial charge is 0.497 e. The predicted molar refractivity (Wildman–Crippen MR) is 127 cm³/mol. The summed E-state index contributed by atoms with van der Waals surface area (Å²) in [5, 5.41) is 15.5. The number of benzene rings is 3. The Bertz CT molecular complexity index is 1280. The van der Waals surface area contributed by atoms with Gasteiger partial charge in [0.2, 0.25) is 5.91 Å². The number of nitriles is 1. The number of thioether (sulfide) groups is 1. The molecule has 0 aliphatic carbocycles. The highest BCUT2D eigenvalue weighted by molar-refractivity contribution is 8.02. The smallest absolute Gasteiger partial charge is 0.319 e. The standard InChI is InChI=1S/C26H22N2O4S/c1-31-20-11-9-18(10-12-20)22-21(14-27)25(28-24(29)23(22)26(30)32-2)33-15-16-7-8-17-5-3-4-6-19(17)13-16/h3-13,22-23H,15H2,1-2H3,(H,28,29)/t22-,23+/m1/s1. The fourth-order valence-corrected chi connectivity index (χ4v) is 4.97. The SMILES string of the molecule is COC(=O)[C@@H]1C(=O)NC(SCc2ccc3ccccc3c2)=C(C#N)[C@H]1c1ccc(OC)cc1. The summed E-state index contributed by atoms with van der Waals surface area (Å²) in [6, 6.07) is 23.5. The molecule has 166 valence electrons. The number of ether oxygens (including phenoxy) is 2. The molecule has 33 heavy (non-hydrogen) atoms. The maximum atomic E-state index is 13.0. The fraction of sp³-hybridized carbons (Fsp3) is 0.192. The molecular weight excluding hydrogens is 436 g/mol. The van der Waals surface area contributed by atoms with Crippen molar-refractivity contribution >= 4 is 34.4 Å². The summed E-state index contributed by atoms with van der Waals surface area (Å²) < 4.78 is 10.1. The Kier molecular flexibility index (Phi) is 6.66. The van der Waals surface area contributed by atoms with E-state index in [4.69, 9.17) is 9.47 Å². The number of hydrogen-bond donors (Lipinski definition) is 1. The number of methoxy groups -OCH3 is 2. The number of hydrogen-bond acceptors (Lipinski definition) is 6. The van der Waals surface area contributed by atoms with Crippen molar-refractivity contribution in [2.75, 3.05) is 14.2 Å². The van der Waals surface area contributed by atoms with Crippen molar-refractivity contribution in [3.8, 4) is 11.8 Å². The molecule has 0 fully saturated rings. The Hall–Kier alpha value is -3.76. The van der Waals surface area contributed by atoms with Crippen molar-refractivity contribution in [3.63, 3.8) is 0 Å². The van der Waals surface area contributed by atoms with Crippen molar-refractivity contribution in [2.24, 2.45) is 5.92 Å². The zero-order chi connectivity index (χ0) is 23.4. The molecule has 1 amide bonds. The lowest BCUT2D eigenvalue weighted by molar-refractivity contribution is -0.150. The molecule has 7 heteroatoms. The molecule has 0 bridgehead atoms. The Labute approximate surface area is 196 Å². The van der Waals surface area contributed by atoms with Gasteiger partial charge in [-0.15, -0.1) is 11.8 Å². The second-order valence-electron chi connectivity index (χ2n) is 7.57. The molecule has 3 aromatic carbocycles. The van der Waals surface area contributed by atoms with Gasteiger partial charge in [-0.1, -0.05) is 54.6 Å². The summed E-state index contributed by atoms with van der Waals surface area (Å²) in [6.45, 7) is 0. The van der Waals surface area contributed by atoms with Crippen LogP contribution in [0.15, 0.2) is 77.3 Å². The fourth-order valence-electron chi connectivity index (χ4n) is 3.97. The van der Waals surface area contributed by atoms with E-state index in [2.05, 4.69) is 29.6 Å². The van der Waals surface area contributed by atoms with E-state index < -0.39 is 23.7 Å². The number of amides is 1. The maximum absolute atomic E-state index is 13.0. The third kappa shape index (κ3) is 4.57. The van der Waals surface area contributed by atoms with E-state index in [0.29, 0.717) is 27.7 Å². The number of nitrogens with one attached hydrogen (secondary N) is 1. The molecule has 0 spiro atoms. The zero-order valence-electron chi connectivity index (χ0n) is 18.2. The van der Waals surface area contributed by atoms with Crippen molar-refractivity contribution in [2.45, 2.75) is 11.7 Å². The number of carbonyl (C=O) groups excluding carboxylic acids is 2. The lowest BCUT2D eigenvalue weighted by Crippen LogP contribution is -2.44. The summed E-state index contributed by atoms with van der Waals surface area (Å²) in [6.07, 6.45) is 0. The van der Waals surface area contributed by atoms with E-state index in [1.807, 2.05) is 24.3 Å². The van der Waals surface area contributed by atoms with E-state index in [9.17, 15) is 14.9 Å². The average molecular weight is 459 g/mol. The monoisotopic (exact) mass is 458 g/mol. The van der Waals surface area contributed by atoms with Gasteiger partial charge in [0.1, 0.15) is 11.7 Å². The quantitative estimate of drug-likeness (QED) is 0.432. The van der Waals surface area contributed by atoms with Gasteiger partial charge >= 0.3 is 5.97 Å². The van der Waals surface area contributed by atoms with Crippen LogP contribution in [0.3, 0.4) is 0 Å². The normalized spacial score (nSPS) is 17.9. The number of allylic oxidation sites excluding steroid dienone is 1. The summed E-state index contributed by atoms with van der Waals surface area (Å²) >= 11 is 1.37. The number of fused-ring (bicyclic) bond motifs is 1. The third-order valence-electron chi connectivity index (χ3n) is 5.66. The topological polar surface area (TPSA) is 88.4 Å². The molecule has 1 N–H and O–H groups in total. The van der Waals surface area contributed by atoms with Crippen LogP contribution in [0.1, 0.15) is 17.0 Å². The first-order chi connectivity index (χ1) is 16.0. The zero-order valence-corrected chi connectivity index (χ0v) is 19.0. The highest BCUT2D eigenvalue weighted by atomic mass is 32.2. The van der Waals surface area contributed by atoms with E-state index in [-0.39, 0.29) is 0 Å². The van der Waals surface area contributed by atoms with Crippen LogP contribution in [0.2, 0.25) is 0 Å². The number of nitrogens with zero attached hydrogens (tertiary/aromatic N) is 1. The van der Waals surface area contributed by atoms with Crippen LogP contribution in [0, 0.1) is 17.2 Å². The highest BCUT2D eigenvalue weighted by Gasteiger charge is 2.44. The van der Waals surface area contributed by atoms with Crippen LogP contribution >= 0.6 is 11.8 Å². The van der Waals surface area contributed by atoms with E-state index in [1.165, 1.54) is 18.9 Å². The van der Waals surface area contributed by atoms with Crippen molar-refractivity contribution in [1.29, 1.82) is 5.26 Å². The molecule has 0 saturated heterocycles. The summed E-state index contributed by atoms with van der Waals surface area (Å²) in [4.78, 5) is 25.5. The van der Waals surface area contributed by atoms with Crippen LogP contribution in [-0.2, 0) is 20.1 Å². The number of esters is 1. The van der Waals surface area contributed by atoms with Gasteiger partial charge in [-0.25, -0.2) is 0 Å². The first-order valence-corrected chi connectivity index (χ1v) is 11.3. The molecule has 2 atom stereocenters.